The van der Waals surface area contributed by atoms with E-state index in [1.165, 1.54) is 0 Å². The number of hydrogen-bond acceptors (Lipinski definition) is 4. The number of methoxy groups -OCH3 is 1. The molecule has 0 unspecified atom stereocenters. The molecular weight excluding hydrogens is 336 g/mol. The first kappa shape index (κ1) is 17.1. The van der Waals surface area contributed by atoms with Crippen molar-refractivity contribution in [3.05, 3.63) is 53.6 Å². The zero-order valence-corrected chi connectivity index (χ0v) is 13.9. The number of carbonyl (C=O) groups excluding carboxylic acids is 1. The van der Waals surface area contributed by atoms with Gasteiger partial charge in [-0.1, -0.05) is 17.7 Å². The van der Waals surface area contributed by atoms with Gasteiger partial charge in [-0.15, -0.1) is 0 Å². The van der Waals surface area contributed by atoms with Crippen LogP contribution in [0, 0.1) is 0 Å². The van der Waals surface area contributed by atoms with Gasteiger partial charge in [0.15, 0.2) is 11.7 Å². The Morgan fingerprint density at radius 1 is 1.17 bits per heavy atom. The molecule has 0 heterocycles. The first-order chi connectivity index (χ1) is 11.1. The van der Waals surface area contributed by atoms with Gasteiger partial charge in [-0.2, -0.15) is 0 Å². The molecule has 0 aliphatic heterocycles. The highest BCUT2D eigenvalue weighted by Gasteiger charge is 2.06. The number of anilines is 1. The monoisotopic (exact) mass is 350 g/mol. The lowest BCUT2D eigenvalue weighted by atomic mass is 10.3. The zero-order chi connectivity index (χ0) is 16.7. The van der Waals surface area contributed by atoms with Crippen molar-refractivity contribution >= 4 is 40.5 Å². The second-order valence-corrected chi connectivity index (χ2v) is 5.32. The van der Waals surface area contributed by atoms with Gasteiger partial charge < -0.3 is 14.8 Å². The topological polar surface area (TPSA) is 59.6 Å². The van der Waals surface area contributed by atoms with Crippen LogP contribution in [0.3, 0.4) is 0 Å². The third-order valence-corrected chi connectivity index (χ3v) is 3.22. The third kappa shape index (κ3) is 5.77. The van der Waals surface area contributed by atoms with Gasteiger partial charge in [0.05, 0.1) is 7.11 Å². The van der Waals surface area contributed by atoms with Gasteiger partial charge in [0.1, 0.15) is 11.5 Å². The van der Waals surface area contributed by atoms with Gasteiger partial charge in [-0.3, -0.25) is 10.1 Å². The zero-order valence-electron chi connectivity index (χ0n) is 12.3. The summed E-state index contributed by atoms with van der Waals surface area (Å²) in [5.74, 6) is 0.881. The Balaban J connectivity index is 1.80. The van der Waals surface area contributed by atoms with Crippen molar-refractivity contribution in [2.24, 2.45) is 0 Å². The number of carbonyl (C=O) groups is 1. The Hall–Kier alpha value is -2.31. The Bertz CT molecular complexity index is 692. The number of ether oxygens (including phenoxy) is 2. The minimum Gasteiger partial charge on any atom is -0.497 e. The van der Waals surface area contributed by atoms with E-state index >= 15 is 0 Å². The number of nitrogens with one attached hydrogen (secondary N) is 2. The molecule has 2 N–H and O–H groups in total. The van der Waals surface area contributed by atoms with Crippen LogP contribution in [0.5, 0.6) is 11.5 Å². The van der Waals surface area contributed by atoms with Crippen LogP contribution >= 0.6 is 23.8 Å². The van der Waals surface area contributed by atoms with E-state index in [-0.39, 0.29) is 17.6 Å². The van der Waals surface area contributed by atoms with Gasteiger partial charge in [0.2, 0.25) is 0 Å². The van der Waals surface area contributed by atoms with Crippen molar-refractivity contribution in [1.29, 1.82) is 0 Å². The van der Waals surface area contributed by atoms with E-state index in [4.69, 9.17) is 33.3 Å². The van der Waals surface area contributed by atoms with E-state index in [9.17, 15) is 4.79 Å². The number of benzene rings is 2. The Morgan fingerprint density at radius 3 is 2.61 bits per heavy atom. The molecule has 0 saturated carbocycles. The quantitative estimate of drug-likeness (QED) is 0.811. The molecule has 0 bridgehead atoms. The predicted octanol–water partition coefficient (Wildman–Crippen LogP) is 3.24. The van der Waals surface area contributed by atoms with Crippen LogP contribution < -0.4 is 20.1 Å². The summed E-state index contributed by atoms with van der Waals surface area (Å²) in [6.07, 6.45) is 0. The fraction of sp³-hybridized carbons (Fsp3) is 0.125. The normalized spacial score (nSPS) is 9.83. The molecule has 0 aliphatic rings. The van der Waals surface area contributed by atoms with Crippen LogP contribution in [0.15, 0.2) is 48.5 Å². The molecule has 0 spiro atoms. The van der Waals surface area contributed by atoms with Crippen molar-refractivity contribution in [3.63, 3.8) is 0 Å². The highest BCUT2D eigenvalue weighted by atomic mass is 35.5. The summed E-state index contributed by atoms with van der Waals surface area (Å²) < 4.78 is 10.4. The van der Waals surface area contributed by atoms with Crippen LogP contribution in [-0.4, -0.2) is 24.7 Å². The minimum absolute atomic E-state index is 0.151. The summed E-state index contributed by atoms with van der Waals surface area (Å²) in [6.45, 7) is -0.151. The molecule has 120 valence electrons. The van der Waals surface area contributed by atoms with Crippen LogP contribution in [0.2, 0.25) is 5.02 Å². The molecular formula is C16H15ClN2O3S. The van der Waals surface area contributed by atoms with Gasteiger partial charge >= 0.3 is 0 Å². The molecule has 23 heavy (non-hydrogen) atoms. The van der Waals surface area contributed by atoms with E-state index in [0.29, 0.717) is 22.2 Å². The Kier molecular flexibility index (Phi) is 6.19. The van der Waals surface area contributed by atoms with Crippen molar-refractivity contribution in [2.75, 3.05) is 19.0 Å². The highest BCUT2D eigenvalue weighted by molar-refractivity contribution is 7.80. The smallest absolute Gasteiger partial charge is 0.264 e. The summed E-state index contributed by atoms with van der Waals surface area (Å²) >= 11 is 10.9. The van der Waals surface area contributed by atoms with Gasteiger partial charge in [0, 0.05) is 16.8 Å². The van der Waals surface area contributed by atoms with Crippen molar-refractivity contribution < 1.29 is 14.3 Å². The van der Waals surface area contributed by atoms with Crippen LogP contribution in [0.25, 0.3) is 0 Å². The number of rotatable bonds is 5. The van der Waals surface area contributed by atoms with E-state index in [2.05, 4.69) is 10.6 Å². The molecule has 5 nitrogen and oxygen atoms in total. The van der Waals surface area contributed by atoms with E-state index in [1.54, 1.807) is 37.4 Å². The molecule has 7 heteroatoms. The lowest BCUT2D eigenvalue weighted by Gasteiger charge is -2.11. The molecule has 0 radical (unpaired) electrons. The molecule has 2 rings (SSSR count). The first-order valence-electron chi connectivity index (χ1n) is 6.70. The summed E-state index contributed by atoms with van der Waals surface area (Å²) in [4.78, 5) is 11.8. The largest absolute Gasteiger partial charge is 0.497 e. The summed E-state index contributed by atoms with van der Waals surface area (Å²) in [7, 11) is 1.58. The average molecular weight is 351 g/mol. The van der Waals surface area contributed by atoms with Crippen LogP contribution in [0.1, 0.15) is 0 Å². The summed E-state index contributed by atoms with van der Waals surface area (Å²) in [6, 6.07) is 13.9. The SMILES string of the molecule is COc1cccc(NC(=S)NC(=O)COc2ccc(Cl)cc2)c1. The standard InChI is InChI=1S/C16H15ClN2O3S/c1-21-14-4-2-3-12(9-14)18-16(23)19-15(20)10-22-13-7-5-11(17)6-8-13/h2-9H,10H2,1H3,(H2,18,19,20,23). The Morgan fingerprint density at radius 2 is 1.91 bits per heavy atom. The van der Waals surface area contributed by atoms with Gasteiger partial charge in [-0.25, -0.2) is 0 Å². The third-order valence-electron chi connectivity index (χ3n) is 2.76. The molecule has 0 aromatic heterocycles. The number of halogens is 1. The maximum absolute atomic E-state index is 11.8. The number of hydrogen-bond donors (Lipinski definition) is 2. The molecule has 1 amide bonds. The van der Waals surface area contributed by atoms with E-state index in [1.807, 2.05) is 18.2 Å². The van der Waals surface area contributed by atoms with Crippen LogP contribution in [0.4, 0.5) is 5.69 Å². The average Bonchev–Trinajstić information content (AvgIpc) is 2.54. The fourth-order valence-corrected chi connectivity index (χ4v) is 2.06. The number of thiocarbonyl (C=S) groups is 1. The molecule has 0 saturated heterocycles. The molecule has 2 aromatic carbocycles. The van der Waals surface area contributed by atoms with Crippen molar-refractivity contribution in [1.82, 2.24) is 5.32 Å². The van der Waals surface area contributed by atoms with E-state index in [0.717, 1.165) is 0 Å². The Labute approximate surface area is 144 Å². The second kappa shape index (κ2) is 8.36. The van der Waals surface area contributed by atoms with Crippen molar-refractivity contribution in [3.8, 4) is 11.5 Å². The number of amides is 1. The minimum atomic E-state index is -0.361. The fourth-order valence-electron chi connectivity index (χ4n) is 1.71. The predicted molar refractivity (Wildman–Crippen MR) is 94.3 cm³/mol. The molecule has 0 fully saturated rings. The van der Waals surface area contributed by atoms with Crippen LogP contribution in [-0.2, 0) is 4.79 Å². The molecule has 0 aliphatic carbocycles. The van der Waals surface area contributed by atoms with Gasteiger partial charge in [-0.05, 0) is 48.6 Å². The molecule has 2 aromatic rings. The van der Waals surface area contributed by atoms with E-state index < -0.39 is 0 Å². The maximum Gasteiger partial charge on any atom is 0.264 e. The van der Waals surface area contributed by atoms with Crippen molar-refractivity contribution in [2.45, 2.75) is 0 Å². The first-order valence-corrected chi connectivity index (χ1v) is 7.48. The second-order valence-electron chi connectivity index (χ2n) is 4.48. The summed E-state index contributed by atoms with van der Waals surface area (Å²) in [5.41, 5.74) is 0.716. The lowest BCUT2D eigenvalue weighted by Crippen LogP contribution is -2.37. The maximum atomic E-state index is 11.8. The summed E-state index contributed by atoms with van der Waals surface area (Å²) in [5, 5.41) is 6.22. The lowest BCUT2D eigenvalue weighted by molar-refractivity contribution is -0.121. The highest BCUT2D eigenvalue weighted by Crippen LogP contribution is 2.17. The van der Waals surface area contributed by atoms with Gasteiger partial charge in [0.25, 0.3) is 5.91 Å². The molecule has 0 atom stereocenters.